The van der Waals surface area contributed by atoms with Gasteiger partial charge in [-0.3, -0.25) is 4.79 Å². The van der Waals surface area contributed by atoms with Crippen molar-refractivity contribution >= 4 is 18.5 Å². The number of rotatable bonds is 1. The molecule has 4 heteroatoms. The molecule has 0 saturated carbocycles. The van der Waals surface area contributed by atoms with Crippen molar-refractivity contribution in [1.29, 1.82) is 0 Å². The Morgan fingerprint density at radius 3 is 2.90 bits per heavy atom. The Kier molecular flexibility index (Phi) is 2.56. The predicted molar refractivity (Wildman–Crippen MR) is 41.0 cm³/mol. The van der Waals surface area contributed by atoms with Gasteiger partial charge in [0, 0.05) is 6.54 Å². The van der Waals surface area contributed by atoms with Crippen molar-refractivity contribution < 1.29 is 9.53 Å². The van der Waals surface area contributed by atoms with Gasteiger partial charge in [0.25, 0.3) is 0 Å². The zero-order chi connectivity index (χ0) is 7.56. The van der Waals surface area contributed by atoms with E-state index in [9.17, 15) is 4.79 Å². The molecule has 0 aromatic heterocycles. The number of amides is 1. The molecule has 1 aliphatic heterocycles. The molecule has 1 heterocycles. The number of hydrogen-bond donors (Lipinski definition) is 1. The highest BCUT2D eigenvalue weighted by Gasteiger charge is 2.20. The molecule has 58 valence electrons. The van der Waals surface area contributed by atoms with Crippen LogP contribution < -0.4 is 0 Å². The van der Waals surface area contributed by atoms with E-state index in [0.717, 1.165) is 0 Å². The van der Waals surface area contributed by atoms with Crippen molar-refractivity contribution in [3.8, 4) is 0 Å². The van der Waals surface area contributed by atoms with Crippen LogP contribution in [0.4, 0.5) is 0 Å². The van der Waals surface area contributed by atoms with Crippen LogP contribution in [0.25, 0.3) is 0 Å². The average Bonchev–Trinajstić information content (AvgIpc) is 2.36. The summed E-state index contributed by atoms with van der Waals surface area (Å²) >= 11 is 4.02. The highest BCUT2D eigenvalue weighted by Crippen LogP contribution is 2.05. The molecule has 0 aliphatic carbocycles. The molecule has 1 rings (SSSR count). The van der Waals surface area contributed by atoms with Crippen LogP contribution in [-0.4, -0.2) is 35.9 Å². The molecule has 0 aromatic rings. The van der Waals surface area contributed by atoms with E-state index in [2.05, 4.69) is 12.6 Å². The fraction of sp³-hybridized carbons (Fsp3) is 0.833. The van der Waals surface area contributed by atoms with Crippen LogP contribution in [0.1, 0.15) is 6.92 Å². The lowest BCUT2D eigenvalue weighted by Crippen LogP contribution is -2.33. The lowest BCUT2D eigenvalue weighted by Gasteiger charge is -2.14. The lowest BCUT2D eigenvalue weighted by molar-refractivity contribution is -0.130. The van der Waals surface area contributed by atoms with Crippen LogP contribution in [0.15, 0.2) is 0 Å². The number of carbonyl (C=O) groups is 1. The summed E-state index contributed by atoms with van der Waals surface area (Å²) in [6.07, 6.45) is 0. The summed E-state index contributed by atoms with van der Waals surface area (Å²) in [5, 5.41) is -0.207. The summed E-state index contributed by atoms with van der Waals surface area (Å²) in [5.41, 5.74) is 0. The molecule has 0 aromatic carbocycles. The van der Waals surface area contributed by atoms with Gasteiger partial charge in [-0.1, -0.05) is 0 Å². The first-order valence-corrected chi connectivity index (χ1v) is 3.78. The first-order valence-electron chi connectivity index (χ1n) is 3.26. The van der Waals surface area contributed by atoms with E-state index in [1.54, 1.807) is 11.8 Å². The van der Waals surface area contributed by atoms with E-state index in [4.69, 9.17) is 4.74 Å². The Bertz CT molecular complexity index is 132. The first kappa shape index (κ1) is 7.88. The minimum absolute atomic E-state index is 0.0563. The van der Waals surface area contributed by atoms with Gasteiger partial charge in [0.2, 0.25) is 5.91 Å². The molecule has 1 fully saturated rings. The standard InChI is InChI=1S/C6H11NO2S/c1-5(10)6(8)7-2-3-9-4-7/h5,10H,2-4H2,1H3. The van der Waals surface area contributed by atoms with Crippen LogP contribution in [-0.2, 0) is 9.53 Å². The summed E-state index contributed by atoms with van der Waals surface area (Å²) in [4.78, 5) is 12.8. The van der Waals surface area contributed by atoms with Gasteiger partial charge in [-0.05, 0) is 6.92 Å². The van der Waals surface area contributed by atoms with E-state index >= 15 is 0 Å². The van der Waals surface area contributed by atoms with E-state index in [1.165, 1.54) is 0 Å². The second-order valence-corrected chi connectivity index (χ2v) is 3.09. The van der Waals surface area contributed by atoms with Gasteiger partial charge >= 0.3 is 0 Å². The molecule has 0 radical (unpaired) electrons. The summed E-state index contributed by atoms with van der Waals surface area (Å²) < 4.78 is 5.00. The monoisotopic (exact) mass is 161 g/mol. The highest BCUT2D eigenvalue weighted by molar-refractivity contribution is 7.81. The number of ether oxygens (including phenoxy) is 1. The zero-order valence-electron chi connectivity index (χ0n) is 5.91. The van der Waals surface area contributed by atoms with Crippen LogP contribution >= 0.6 is 12.6 Å². The second kappa shape index (κ2) is 3.25. The third-order valence-electron chi connectivity index (χ3n) is 1.42. The highest BCUT2D eigenvalue weighted by atomic mass is 32.1. The van der Waals surface area contributed by atoms with E-state index in [1.807, 2.05) is 0 Å². The summed E-state index contributed by atoms with van der Waals surface area (Å²) in [6.45, 7) is 3.57. The van der Waals surface area contributed by atoms with Gasteiger partial charge in [0.05, 0.1) is 11.9 Å². The van der Waals surface area contributed by atoms with Gasteiger partial charge in [-0.2, -0.15) is 12.6 Å². The first-order chi connectivity index (χ1) is 4.72. The van der Waals surface area contributed by atoms with Gasteiger partial charge in [0.1, 0.15) is 6.73 Å². The Morgan fingerprint density at radius 1 is 1.80 bits per heavy atom. The quantitative estimate of drug-likeness (QED) is 0.554. The van der Waals surface area contributed by atoms with Gasteiger partial charge in [-0.25, -0.2) is 0 Å². The maximum absolute atomic E-state index is 11.1. The van der Waals surface area contributed by atoms with Crippen molar-refractivity contribution in [2.45, 2.75) is 12.2 Å². The third-order valence-corrected chi connectivity index (χ3v) is 1.64. The number of nitrogens with zero attached hydrogens (tertiary/aromatic N) is 1. The Morgan fingerprint density at radius 2 is 2.50 bits per heavy atom. The fourth-order valence-electron chi connectivity index (χ4n) is 0.852. The van der Waals surface area contributed by atoms with Crippen LogP contribution in [0.5, 0.6) is 0 Å². The van der Waals surface area contributed by atoms with Gasteiger partial charge in [-0.15, -0.1) is 0 Å². The fourth-order valence-corrected chi connectivity index (χ4v) is 1.02. The van der Waals surface area contributed by atoms with Crippen molar-refractivity contribution in [3.63, 3.8) is 0 Å². The number of hydrogen-bond acceptors (Lipinski definition) is 3. The number of thiol groups is 1. The zero-order valence-corrected chi connectivity index (χ0v) is 6.80. The summed E-state index contributed by atoms with van der Waals surface area (Å²) in [5.74, 6) is 0.0563. The number of carbonyl (C=O) groups excluding carboxylic acids is 1. The maximum atomic E-state index is 11.1. The van der Waals surface area contributed by atoms with Crippen molar-refractivity contribution in [2.75, 3.05) is 19.9 Å². The lowest BCUT2D eigenvalue weighted by atomic mass is 10.4. The second-order valence-electron chi connectivity index (χ2n) is 2.32. The Balaban J connectivity index is 2.40. The normalized spacial score (nSPS) is 21.2. The van der Waals surface area contributed by atoms with Crippen molar-refractivity contribution in [3.05, 3.63) is 0 Å². The molecule has 10 heavy (non-hydrogen) atoms. The van der Waals surface area contributed by atoms with Crippen LogP contribution in [0, 0.1) is 0 Å². The summed E-state index contributed by atoms with van der Waals surface area (Å²) in [7, 11) is 0. The van der Waals surface area contributed by atoms with Gasteiger partial charge < -0.3 is 9.64 Å². The van der Waals surface area contributed by atoms with E-state index in [-0.39, 0.29) is 11.2 Å². The molecule has 0 spiro atoms. The Labute approximate surface area is 65.7 Å². The average molecular weight is 161 g/mol. The molecule has 1 amide bonds. The van der Waals surface area contributed by atoms with E-state index in [0.29, 0.717) is 19.9 Å². The molecule has 1 unspecified atom stereocenters. The third kappa shape index (κ3) is 1.64. The van der Waals surface area contributed by atoms with E-state index < -0.39 is 0 Å². The molecule has 1 atom stereocenters. The van der Waals surface area contributed by atoms with Gasteiger partial charge in [0.15, 0.2) is 0 Å². The molecule has 0 N–H and O–H groups in total. The van der Waals surface area contributed by atoms with Crippen molar-refractivity contribution in [2.24, 2.45) is 0 Å². The van der Waals surface area contributed by atoms with Crippen LogP contribution in [0.2, 0.25) is 0 Å². The topological polar surface area (TPSA) is 29.5 Å². The SMILES string of the molecule is CC(S)C(=O)N1CCOC1. The maximum Gasteiger partial charge on any atom is 0.237 e. The smallest absolute Gasteiger partial charge is 0.237 e. The molecule has 3 nitrogen and oxygen atoms in total. The predicted octanol–water partition coefficient (Wildman–Crippen LogP) is 0.121. The molecular formula is C6H11NO2S. The Hall–Kier alpha value is -0.220. The molecule has 1 saturated heterocycles. The van der Waals surface area contributed by atoms with Crippen LogP contribution in [0.3, 0.4) is 0 Å². The molecule has 0 bridgehead atoms. The minimum atomic E-state index is -0.207. The molecule has 1 aliphatic rings. The minimum Gasteiger partial charge on any atom is -0.359 e. The summed E-state index contributed by atoms with van der Waals surface area (Å²) in [6, 6.07) is 0. The van der Waals surface area contributed by atoms with Crippen molar-refractivity contribution in [1.82, 2.24) is 4.90 Å². The largest absolute Gasteiger partial charge is 0.359 e. The molecular weight excluding hydrogens is 150 g/mol.